The summed E-state index contributed by atoms with van der Waals surface area (Å²) in [6, 6.07) is 5.22. The van der Waals surface area contributed by atoms with Gasteiger partial charge in [-0.05, 0) is 39.8 Å². The van der Waals surface area contributed by atoms with Gasteiger partial charge >= 0.3 is 0 Å². The Hall–Kier alpha value is -0.700. The van der Waals surface area contributed by atoms with Crippen molar-refractivity contribution in [2.45, 2.75) is 69.8 Å². The highest BCUT2D eigenvalue weighted by Crippen LogP contribution is 2.38. The van der Waals surface area contributed by atoms with Crippen molar-refractivity contribution in [3.05, 3.63) is 46.5 Å². The molecule has 29 heavy (non-hydrogen) atoms. The molecule has 6 nitrogen and oxygen atoms in total. The van der Waals surface area contributed by atoms with Gasteiger partial charge in [0.1, 0.15) is 23.9 Å². The van der Waals surface area contributed by atoms with Gasteiger partial charge in [0, 0.05) is 15.6 Å². The normalized spacial score (nSPS) is 28.8. The van der Waals surface area contributed by atoms with Crippen molar-refractivity contribution < 1.29 is 28.8 Å². The molecule has 162 valence electrons. The van der Waals surface area contributed by atoms with E-state index in [1.54, 1.807) is 45.9 Å². The SMILES string of the molecule is C=C[C@@](O)([C@H]1COC(C)(C)O1)[C@@H](OCc1c(Cl)cccc1Cl)[C@H]1COC(C)(C)O1. The Morgan fingerprint density at radius 3 is 2.24 bits per heavy atom. The molecule has 2 heterocycles. The molecule has 0 radical (unpaired) electrons. The fourth-order valence-corrected chi connectivity index (χ4v) is 4.10. The predicted octanol–water partition coefficient (Wildman–Crippen LogP) is 4.10. The summed E-state index contributed by atoms with van der Waals surface area (Å²) in [7, 11) is 0. The lowest BCUT2D eigenvalue weighted by Crippen LogP contribution is -2.58. The fraction of sp³-hybridized carbons (Fsp3) is 0.619. The van der Waals surface area contributed by atoms with Gasteiger partial charge < -0.3 is 28.8 Å². The van der Waals surface area contributed by atoms with Crippen molar-refractivity contribution in [3.8, 4) is 0 Å². The summed E-state index contributed by atoms with van der Waals surface area (Å²) in [5, 5.41) is 12.6. The lowest BCUT2D eigenvalue weighted by Gasteiger charge is -2.40. The van der Waals surface area contributed by atoms with E-state index in [1.165, 1.54) is 6.08 Å². The molecule has 2 fully saturated rings. The number of halogens is 2. The number of aliphatic hydroxyl groups is 1. The lowest BCUT2D eigenvalue weighted by molar-refractivity contribution is -0.218. The van der Waals surface area contributed by atoms with Gasteiger partial charge in [-0.1, -0.05) is 35.3 Å². The molecule has 0 aliphatic carbocycles. The van der Waals surface area contributed by atoms with E-state index in [4.69, 9.17) is 46.9 Å². The number of hydrogen-bond donors (Lipinski definition) is 1. The second kappa shape index (κ2) is 8.44. The number of ether oxygens (including phenoxy) is 5. The van der Waals surface area contributed by atoms with Crippen molar-refractivity contribution in [3.63, 3.8) is 0 Å². The van der Waals surface area contributed by atoms with Crippen LogP contribution in [0.2, 0.25) is 10.0 Å². The minimum absolute atomic E-state index is 0.0661. The first kappa shape index (κ1) is 23.0. The minimum Gasteiger partial charge on any atom is -0.380 e. The van der Waals surface area contributed by atoms with Gasteiger partial charge in [0.15, 0.2) is 11.6 Å². The highest BCUT2D eigenvalue weighted by atomic mass is 35.5. The maximum atomic E-state index is 11.6. The molecule has 2 saturated heterocycles. The number of rotatable bonds is 7. The highest BCUT2D eigenvalue weighted by molar-refractivity contribution is 6.35. The summed E-state index contributed by atoms with van der Waals surface area (Å²) in [4.78, 5) is 0. The van der Waals surface area contributed by atoms with E-state index in [0.717, 1.165) is 0 Å². The van der Waals surface area contributed by atoms with Crippen LogP contribution in [0.1, 0.15) is 33.3 Å². The van der Waals surface area contributed by atoms with Crippen LogP contribution in [-0.2, 0) is 30.3 Å². The van der Waals surface area contributed by atoms with E-state index >= 15 is 0 Å². The molecule has 4 atom stereocenters. The van der Waals surface area contributed by atoms with E-state index in [1.807, 2.05) is 0 Å². The second-order valence-electron chi connectivity index (χ2n) is 8.21. The van der Waals surface area contributed by atoms with Gasteiger partial charge in [0.25, 0.3) is 0 Å². The summed E-state index contributed by atoms with van der Waals surface area (Å²) in [5.74, 6) is -1.63. The molecule has 0 bridgehead atoms. The van der Waals surface area contributed by atoms with Gasteiger partial charge in [0.2, 0.25) is 0 Å². The van der Waals surface area contributed by atoms with E-state index in [-0.39, 0.29) is 19.8 Å². The maximum Gasteiger partial charge on any atom is 0.163 e. The van der Waals surface area contributed by atoms with Gasteiger partial charge in [-0.3, -0.25) is 0 Å². The summed E-state index contributed by atoms with van der Waals surface area (Å²) < 4.78 is 29.5. The summed E-state index contributed by atoms with van der Waals surface area (Å²) >= 11 is 12.6. The van der Waals surface area contributed by atoms with Crippen LogP contribution in [0.25, 0.3) is 0 Å². The van der Waals surface area contributed by atoms with Crippen LogP contribution in [0.5, 0.6) is 0 Å². The molecule has 1 aromatic carbocycles. The van der Waals surface area contributed by atoms with Gasteiger partial charge in [0.05, 0.1) is 19.8 Å². The monoisotopic (exact) mass is 446 g/mol. The smallest absolute Gasteiger partial charge is 0.163 e. The Labute approximate surface area is 181 Å². The van der Waals surface area contributed by atoms with E-state index in [2.05, 4.69) is 6.58 Å². The summed E-state index contributed by atoms with van der Waals surface area (Å²) in [5.41, 5.74) is -0.981. The molecule has 0 unspecified atom stereocenters. The predicted molar refractivity (Wildman–Crippen MR) is 110 cm³/mol. The fourth-order valence-electron chi connectivity index (χ4n) is 3.59. The summed E-state index contributed by atoms with van der Waals surface area (Å²) in [6.07, 6.45) is -0.720. The van der Waals surface area contributed by atoms with Crippen LogP contribution >= 0.6 is 23.2 Å². The van der Waals surface area contributed by atoms with E-state index < -0.39 is 35.5 Å². The van der Waals surface area contributed by atoms with E-state index in [0.29, 0.717) is 15.6 Å². The molecule has 2 aliphatic rings. The topological polar surface area (TPSA) is 66.4 Å². The van der Waals surface area contributed by atoms with Crippen molar-refractivity contribution in [1.82, 2.24) is 0 Å². The molecule has 0 amide bonds. The van der Waals surface area contributed by atoms with Crippen LogP contribution in [0, 0.1) is 0 Å². The first-order valence-corrected chi connectivity index (χ1v) is 10.3. The molecule has 0 saturated carbocycles. The standard InChI is InChI=1S/C21H28Cl2O6/c1-6-21(24,17-12-27-20(4,5)29-17)18(16-11-26-19(2,3)28-16)25-10-13-14(22)8-7-9-15(13)23/h6-9,16-18,24H,1,10-12H2,2-5H3/t16-,17-,18+,21-/m1/s1. The largest absolute Gasteiger partial charge is 0.380 e. The van der Waals surface area contributed by atoms with Gasteiger partial charge in [-0.15, -0.1) is 6.58 Å². The Kier molecular flexibility index (Phi) is 6.69. The Bertz CT molecular complexity index is 732. The van der Waals surface area contributed by atoms with E-state index in [9.17, 15) is 5.11 Å². The third-order valence-electron chi connectivity index (χ3n) is 5.14. The van der Waals surface area contributed by atoms with Crippen molar-refractivity contribution in [1.29, 1.82) is 0 Å². The average molecular weight is 447 g/mol. The third-order valence-corrected chi connectivity index (χ3v) is 5.85. The summed E-state index contributed by atoms with van der Waals surface area (Å²) in [6.45, 7) is 11.5. The second-order valence-corrected chi connectivity index (χ2v) is 9.02. The minimum atomic E-state index is -1.60. The first-order chi connectivity index (χ1) is 13.5. The van der Waals surface area contributed by atoms with Crippen LogP contribution in [0.4, 0.5) is 0 Å². The zero-order valence-electron chi connectivity index (χ0n) is 17.1. The van der Waals surface area contributed by atoms with Gasteiger partial charge in [-0.2, -0.15) is 0 Å². The first-order valence-electron chi connectivity index (χ1n) is 9.51. The van der Waals surface area contributed by atoms with Crippen LogP contribution < -0.4 is 0 Å². The van der Waals surface area contributed by atoms with Crippen molar-refractivity contribution in [2.24, 2.45) is 0 Å². The quantitative estimate of drug-likeness (QED) is 0.635. The maximum absolute atomic E-state index is 11.6. The molecule has 2 aliphatic heterocycles. The van der Waals surface area contributed by atoms with Crippen LogP contribution in [0.3, 0.4) is 0 Å². The molecular formula is C21H28Cl2O6. The number of benzene rings is 1. The third kappa shape index (κ3) is 4.97. The van der Waals surface area contributed by atoms with Crippen LogP contribution in [0.15, 0.2) is 30.9 Å². The molecule has 1 N–H and O–H groups in total. The molecule has 3 rings (SSSR count). The zero-order chi connectivity index (χ0) is 21.4. The zero-order valence-corrected chi connectivity index (χ0v) is 18.6. The van der Waals surface area contributed by atoms with Crippen molar-refractivity contribution in [2.75, 3.05) is 13.2 Å². The Balaban J connectivity index is 1.89. The highest BCUT2D eigenvalue weighted by Gasteiger charge is 2.54. The lowest BCUT2D eigenvalue weighted by atomic mass is 9.87. The Morgan fingerprint density at radius 2 is 1.76 bits per heavy atom. The number of hydrogen-bond acceptors (Lipinski definition) is 6. The molecular weight excluding hydrogens is 419 g/mol. The molecule has 0 spiro atoms. The van der Waals surface area contributed by atoms with Crippen LogP contribution in [-0.4, -0.2) is 53.8 Å². The molecule has 0 aromatic heterocycles. The van der Waals surface area contributed by atoms with Gasteiger partial charge in [-0.25, -0.2) is 0 Å². The molecule has 1 aromatic rings. The van der Waals surface area contributed by atoms with Crippen molar-refractivity contribution >= 4 is 23.2 Å². The molecule has 8 heteroatoms. The average Bonchev–Trinajstić information content (AvgIpc) is 3.18. The Morgan fingerprint density at radius 1 is 1.17 bits per heavy atom.